The van der Waals surface area contributed by atoms with Gasteiger partial charge in [-0.05, 0) is 55.5 Å². The largest absolute Gasteiger partial charge is 0.487 e. The van der Waals surface area contributed by atoms with Crippen molar-refractivity contribution < 1.29 is 9.53 Å². The van der Waals surface area contributed by atoms with Crippen molar-refractivity contribution in [2.45, 2.75) is 25.7 Å². The van der Waals surface area contributed by atoms with E-state index in [1.165, 1.54) is 18.6 Å². The topological polar surface area (TPSA) is 133 Å². The molecule has 3 aromatic rings. The summed E-state index contributed by atoms with van der Waals surface area (Å²) in [6, 6.07) is 5.38. The number of carbonyl (C=O) groups excluding carboxylic acids is 1. The van der Waals surface area contributed by atoms with Crippen LogP contribution in [0, 0.1) is 5.41 Å². The van der Waals surface area contributed by atoms with Crippen molar-refractivity contribution in [1.82, 2.24) is 19.9 Å². The van der Waals surface area contributed by atoms with Crippen LogP contribution in [0.15, 0.2) is 54.6 Å². The molecule has 35 heavy (non-hydrogen) atoms. The van der Waals surface area contributed by atoms with Gasteiger partial charge in [0.15, 0.2) is 0 Å². The lowest BCUT2D eigenvalue weighted by Crippen LogP contribution is -2.36. The van der Waals surface area contributed by atoms with Crippen molar-refractivity contribution in [3.8, 4) is 5.75 Å². The number of nitrogens with zero attached hydrogens (tertiary/aromatic N) is 3. The van der Waals surface area contributed by atoms with Crippen LogP contribution in [-0.4, -0.2) is 51.7 Å². The summed E-state index contributed by atoms with van der Waals surface area (Å²) in [4.78, 5) is 25.9. The lowest BCUT2D eigenvalue weighted by molar-refractivity contribution is -0.127. The van der Waals surface area contributed by atoms with E-state index in [1.807, 2.05) is 17.2 Å². The summed E-state index contributed by atoms with van der Waals surface area (Å²) < 4.78 is 5.73. The highest BCUT2D eigenvalue weighted by atomic mass is 35.5. The molecule has 1 aliphatic heterocycles. The van der Waals surface area contributed by atoms with E-state index < -0.39 is 0 Å². The van der Waals surface area contributed by atoms with Crippen LogP contribution in [0.2, 0.25) is 5.02 Å². The first-order valence-corrected chi connectivity index (χ1v) is 11.7. The van der Waals surface area contributed by atoms with Gasteiger partial charge in [-0.3, -0.25) is 4.79 Å². The van der Waals surface area contributed by atoms with Crippen LogP contribution in [0.25, 0.3) is 11.0 Å². The van der Waals surface area contributed by atoms with Gasteiger partial charge in [-0.2, -0.15) is 0 Å². The standard InChI is InChI=1S/C25H28ClN7O2/c1-3-22(34)33-8-6-16(7-9-33)19-12-29-24-23(19)25(31-14-30-24)32-18-4-5-21(20(26)10-18)35-13-17(11-27)15(2)28/h3-5,10-12,14,16,27H,1,6-9,13,28H2,2H3,(H2,29,30,31,32)/b17-15+,27-11?. The highest BCUT2D eigenvalue weighted by molar-refractivity contribution is 6.32. The number of aromatic amines is 1. The molecule has 1 amide bonds. The molecule has 9 nitrogen and oxygen atoms in total. The molecule has 3 heterocycles. The molecular weight excluding hydrogens is 466 g/mol. The minimum Gasteiger partial charge on any atom is -0.487 e. The molecule has 1 aliphatic rings. The van der Waals surface area contributed by atoms with Crippen molar-refractivity contribution in [3.05, 3.63) is 65.2 Å². The van der Waals surface area contributed by atoms with Crippen LogP contribution in [0.5, 0.6) is 5.75 Å². The molecule has 0 saturated carbocycles. The number of allylic oxidation sites excluding steroid dienone is 1. The second-order valence-electron chi connectivity index (χ2n) is 8.41. The number of aromatic nitrogens is 3. The van der Waals surface area contributed by atoms with Crippen LogP contribution in [0.1, 0.15) is 31.2 Å². The fraction of sp³-hybridized carbons (Fsp3) is 0.280. The Bertz CT molecular complexity index is 1290. The summed E-state index contributed by atoms with van der Waals surface area (Å²) in [5, 5.41) is 12.1. The van der Waals surface area contributed by atoms with Gasteiger partial charge in [0.05, 0.1) is 10.4 Å². The number of ether oxygens (including phenoxy) is 1. The van der Waals surface area contributed by atoms with Gasteiger partial charge in [0.2, 0.25) is 5.91 Å². The molecule has 182 valence electrons. The van der Waals surface area contributed by atoms with Crippen molar-refractivity contribution in [2.75, 3.05) is 25.0 Å². The van der Waals surface area contributed by atoms with Gasteiger partial charge < -0.3 is 31.1 Å². The molecule has 0 bridgehead atoms. The number of benzene rings is 1. The third-order valence-electron chi connectivity index (χ3n) is 6.18. The first-order chi connectivity index (χ1) is 16.9. The van der Waals surface area contributed by atoms with Gasteiger partial charge in [0, 0.05) is 42.5 Å². The minimum atomic E-state index is -0.0272. The lowest BCUT2D eigenvalue weighted by Gasteiger charge is -2.31. The second kappa shape index (κ2) is 10.6. The molecule has 0 spiro atoms. The Kier molecular flexibility index (Phi) is 7.36. The van der Waals surface area contributed by atoms with Crippen molar-refractivity contribution in [2.24, 2.45) is 5.73 Å². The summed E-state index contributed by atoms with van der Waals surface area (Å²) in [5.74, 6) is 1.42. The van der Waals surface area contributed by atoms with Gasteiger partial charge >= 0.3 is 0 Å². The second-order valence-corrected chi connectivity index (χ2v) is 8.81. The number of halogens is 1. The Morgan fingerprint density at radius 2 is 2.17 bits per heavy atom. The van der Waals surface area contributed by atoms with E-state index in [0.717, 1.165) is 35.1 Å². The quantitative estimate of drug-likeness (QED) is 0.269. The Balaban J connectivity index is 1.53. The summed E-state index contributed by atoms with van der Waals surface area (Å²) in [6.07, 6.45) is 7.75. The fourth-order valence-corrected chi connectivity index (χ4v) is 4.44. The number of piperidine rings is 1. The molecule has 1 aromatic carbocycles. The number of nitrogens with one attached hydrogen (secondary N) is 3. The summed E-state index contributed by atoms with van der Waals surface area (Å²) in [5.41, 5.74) is 9.50. The number of rotatable bonds is 8. The zero-order valence-electron chi connectivity index (χ0n) is 19.5. The van der Waals surface area contributed by atoms with Crippen molar-refractivity contribution in [3.63, 3.8) is 0 Å². The molecule has 5 N–H and O–H groups in total. The number of anilines is 2. The molecule has 10 heteroatoms. The number of amides is 1. The number of H-pyrrole nitrogens is 1. The summed E-state index contributed by atoms with van der Waals surface area (Å²) in [6.45, 7) is 6.84. The van der Waals surface area contributed by atoms with Crippen molar-refractivity contribution in [1.29, 1.82) is 5.41 Å². The maximum absolute atomic E-state index is 11.9. The predicted octanol–water partition coefficient (Wildman–Crippen LogP) is 4.51. The SMILES string of the molecule is C=CC(=O)N1CCC(c2c[nH]c3ncnc(Nc4ccc(OC/C(C=N)=C(\C)N)c(Cl)c4)c23)CC1. The molecule has 0 aliphatic carbocycles. The summed E-state index contributed by atoms with van der Waals surface area (Å²) in [7, 11) is 0. The summed E-state index contributed by atoms with van der Waals surface area (Å²) >= 11 is 6.46. The molecule has 1 saturated heterocycles. The van der Waals surface area contributed by atoms with E-state index in [-0.39, 0.29) is 18.4 Å². The lowest BCUT2D eigenvalue weighted by atomic mass is 9.89. The Labute approximate surface area is 208 Å². The highest BCUT2D eigenvalue weighted by Crippen LogP contribution is 2.37. The maximum Gasteiger partial charge on any atom is 0.245 e. The van der Waals surface area contributed by atoms with E-state index in [2.05, 4.69) is 26.8 Å². The smallest absolute Gasteiger partial charge is 0.245 e. The third-order valence-corrected chi connectivity index (χ3v) is 6.48. The molecule has 2 aromatic heterocycles. The molecule has 0 atom stereocenters. The van der Waals surface area contributed by atoms with Crippen LogP contribution in [0.3, 0.4) is 0 Å². The zero-order chi connectivity index (χ0) is 24.9. The first kappa shape index (κ1) is 24.3. The van der Waals surface area contributed by atoms with Gasteiger partial charge in [-0.15, -0.1) is 0 Å². The van der Waals surface area contributed by atoms with Gasteiger partial charge in [0.25, 0.3) is 0 Å². The number of fused-ring (bicyclic) bond motifs is 1. The predicted molar refractivity (Wildman–Crippen MR) is 139 cm³/mol. The average molecular weight is 494 g/mol. The Morgan fingerprint density at radius 1 is 1.40 bits per heavy atom. The molecule has 0 radical (unpaired) electrons. The third kappa shape index (κ3) is 5.30. The van der Waals surface area contributed by atoms with Gasteiger partial charge in [-0.1, -0.05) is 18.2 Å². The van der Waals surface area contributed by atoms with E-state index in [9.17, 15) is 4.79 Å². The average Bonchev–Trinajstić information content (AvgIpc) is 3.30. The van der Waals surface area contributed by atoms with E-state index in [4.69, 9.17) is 27.5 Å². The number of hydrogen-bond donors (Lipinski definition) is 4. The van der Waals surface area contributed by atoms with E-state index >= 15 is 0 Å². The monoisotopic (exact) mass is 493 g/mol. The van der Waals surface area contributed by atoms with Crippen LogP contribution in [-0.2, 0) is 4.79 Å². The van der Waals surface area contributed by atoms with Gasteiger partial charge in [0.1, 0.15) is 30.1 Å². The normalized spacial score (nSPS) is 15.0. The van der Waals surface area contributed by atoms with Crippen molar-refractivity contribution >= 4 is 46.3 Å². The number of carbonyl (C=O) groups is 1. The minimum absolute atomic E-state index is 0.0272. The Morgan fingerprint density at radius 3 is 2.83 bits per heavy atom. The zero-order valence-corrected chi connectivity index (χ0v) is 20.2. The van der Waals surface area contributed by atoms with Crippen LogP contribution < -0.4 is 15.8 Å². The number of nitrogens with two attached hydrogens (primary N) is 1. The maximum atomic E-state index is 11.9. The number of likely N-dealkylation sites (tertiary alicyclic amines) is 1. The molecule has 4 rings (SSSR count). The van der Waals surface area contributed by atoms with Crippen LogP contribution >= 0.6 is 11.6 Å². The van der Waals surface area contributed by atoms with E-state index in [0.29, 0.717) is 40.9 Å². The molecule has 1 fully saturated rings. The number of hydrogen-bond acceptors (Lipinski definition) is 7. The molecular formula is C25H28ClN7O2. The van der Waals surface area contributed by atoms with Crippen LogP contribution in [0.4, 0.5) is 11.5 Å². The fourth-order valence-electron chi connectivity index (χ4n) is 4.20. The Hall–Kier alpha value is -3.85. The molecule has 0 unspecified atom stereocenters. The first-order valence-electron chi connectivity index (χ1n) is 11.3. The van der Waals surface area contributed by atoms with E-state index in [1.54, 1.807) is 19.1 Å². The van der Waals surface area contributed by atoms with Gasteiger partial charge in [-0.25, -0.2) is 9.97 Å². The highest BCUT2D eigenvalue weighted by Gasteiger charge is 2.26.